The van der Waals surface area contributed by atoms with E-state index in [-0.39, 0.29) is 10.6 Å². The molecule has 6 heteroatoms. The van der Waals surface area contributed by atoms with Crippen LogP contribution in [-0.4, -0.2) is 27.8 Å². The molecule has 1 aromatic rings. The Kier molecular flexibility index (Phi) is 2.74. The molecule has 1 aliphatic rings. The summed E-state index contributed by atoms with van der Waals surface area (Å²) in [5.74, 6) is 0. The number of aryl methyl sites for hydroxylation is 2. The van der Waals surface area contributed by atoms with E-state index in [9.17, 15) is 10.1 Å². The zero-order chi connectivity index (χ0) is 11.7. The molecule has 0 amide bonds. The quantitative estimate of drug-likeness (QED) is 0.598. The number of hydrogen-bond acceptors (Lipinski definition) is 4. The lowest BCUT2D eigenvalue weighted by Gasteiger charge is -2.13. The van der Waals surface area contributed by atoms with Gasteiger partial charge in [-0.05, 0) is 25.5 Å². The molecule has 0 spiro atoms. The van der Waals surface area contributed by atoms with Gasteiger partial charge in [-0.25, -0.2) is 0 Å². The fraction of sp³-hybridized carbons (Fsp3) is 0.500. The Bertz CT molecular complexity index is 462. The average Bonchev–Trinajstić information content (AvgIpc) is 2.55. The first kappa shape index (κ1) is 10.8. The van der Waals surface area contributed by atoms with Gasteiger partial charge in [0.15, 0.2) is 0 Å². The topological polar surface area (TPSA) is 73.0 Å². The summed E-state index contributed by atoms with van der Waals surface area (Å²) in [5, 5.41) is 18.3. The van der Waals surface area contributed by atoms with Gasteiger partial charge >= 0.3 is 5.69 Å². The summed E-state index contributed by atoms with van der Waals surface area (Å²) >= 11 is 0. The molecule has 0 unspecified atom stereocenters. The number of nitrogens with zero attached hydrogens (tertiary/aromatic N) is 3. The third kappa shape index (κ3) is 1.71. The van der Waals surface area contributed by atoms with Crippen molar-refractivity contribution in [3.05, 3.63) is 27.6 Å². The van der Waals surface area contributed by atoms with Crippen molar-refractivity contribution in [3.63, 3.8) is 0 Å². The van der Waals surface area contributed by atoms with Crippen LogP contribution in [0.2, 0.25) is 0 Å². The second-order valence-electron chi connectivity index (χ2n) is 3.85. The molecule has 6 nitrogen and oxygen atoms in total. The molecule has 0 radical (unpaired) electrons. The van der Waals surface area contributed by atoms with Crippen LogP contribution in [0.5, 0.6) is 0 Å². The Labute approximate surface area is 93.1 Å². The van der Waals surface area contributed by atoms with E-state index in [1.54, 1.807) is 18.7 Å². The molecule has 0 atom stereocenters. The standard InChI is InChI=1S/C10H14N4O2/c1-7-9(14(15)16)10(13(2)12-7)8-3-5-11-6-4-8/h3,11H,4-6H2,1-2H3. The highest BCUT2D eigenvalue weighted by atomic mass is 16.6. The molecule has 0 bridgehead atoms. The van der Waals surface area contributed by atoms with Gasteiger partial charge in [0.2, 0.25) is 0 Å². The summed E-state index contributed by atoms with van der Waals surface area (Å²) in [6.45, 7) is 3.28. The van der Waals surface area contributed by atoms with Crippen LogP contribution in [0.15, 0.2) is 6.08 Å². The summed E-state index contributed by atoms with van der Waals surface area (Å²) in [5.41, 5.74) is 2.26. The highest BCUT2D eigenvalue weighted by Gasteiger charge is 2.26. The number of nitrogens with one attached hydrogen (secondary N) is 1. The molecule has 0 saturated carbocycles. The molecule has 2 rings (SSSR count). The Balaban J connectivity index is 2.54. The molecular weight excluding hydrogens is 208 g/mol. The molecule has 0 saturated heterocycles. The largest absolute Gasteiger partial charge is 0.317 e. The SMILES string of the molecule is Cc1nn(C)c(C2=CCNCC2)c1[N+](=O)[O-]. The first-order valence-corrected chi connectivity index (χ1v) is 5.19. The van der Waals surface area contributed by atoms with Crippen molar-refractivity contribution in [2.75, 3.05) is 13.1 Å². The predicted octanol–water partition coefficient (Wildman–Crippen LogP) is 1.01. The lowest BCUT2D eigenvalue weighted by atomic mass is 10.0. The van der Waals surface area contributed by atoms with Crippen molar-refractivity contribution in [3.8, 4) is 0 Å². The van der Waals surface area contributed by atoms with Crippen LogP contribution < -0.4 is 5.32 Å². The van der Waals surface area contributed by atoms with E-state index >= 15 is 0 Å². The Hall–Kier alpha value is -1.69. The van der Waals surface area contributed by atoms with Crippen molar-refractivity contribution in [1.82, 2.24) is 15.1 Å². The van der Waals surface area contributed by atoms with Crippen LogP contribution in [0.3, 0.4) is 0 Å². The lowest BCUT2D eigenvalue weighted by Crippen LogP contribution is -2.21. The van der Waals surface area contributed by atoms with E-state index in [1.165, 1.54) is 0 Å². The monoisotopic (exact) mass is 222 g/mol. The number of hydrogen-bond donors (Lipinski definition) is 1. The van der Waals surface area contributed by atoms with E-state index < -0.39 is 0 Å². The zero-order valence-electron chi connectivity index (χ0n) is 9.36. The summed E-state index contributed by atoms with van der Waals surface area (Å²) in [4.78, 5) is 10.7. The highest BCUT2D eigenvalue weighted by molar-refractivity contribution is 5.72. The van der Waals surface area contributed by atoms with Crippen LogP contribution >= 0.6 is 0 Å². The van der Waals surface area contributed by atoms with Crippen LogP contribution in [0, 0.1) is 17.0 Å². The zero-order valence-corrected chi connectivity index (χ0v) is 9.36. The normalized spacial score (nSPS) is 16.0. The van der Waals surface area contributed by atoms with Crippen LogP contribution in [0.25, 0.3) is 5.57 Å². The van der Waals surface area contributed by atoms with E-state index in [1.807, 2.05) is 6.08 Å². The predicted molar refractivity (Wildman–Crippen MR) is 60.1 cm³/mol. The second-order valence-corrected chi connectivity index (χ2v) is 3.85. The molecule has 0 aliphatic carbocycles. The van der Waals surface area contributed by atoms with Crippen molar-refractivity contribution in [2.45, 2.75) is 13.3 Å². The first-order chi connectivity index (χ1) is 7.61. The minimum absolute atomic E-state index is 0.135. The molecule has 1 aromatic heterocycles. The molecule has 0 aromatic carbocycles. The maximum atomic E-state index is 11.0. The van der Waals surface area contributed by atoms with E-state index in [0.717, 1.165) is 25.1 Å². The van der Waals surface area contributed by atoms with Gasteiger partial charge in [-0.3, -0.25) is 14.8 Å². The molecule has 1 N–H and O–H groups in total. The molecule has 2 heterocycles. The van der Waals surface area contributed by atoms with Gasteiger partial charge in [-0.1, -0.05) is 6.08 Å². The van der Waals surface area contributed by atoms with Crippen molar-refractivity contribution < 1.29 is 4.92 Å². The van der Waals surface area contributed by atoms with Gasteiger partial charge in [-0.2, -0.15) is 5.10 Å². The average molecular weight is 222 g/mol. The van der Waals surface area contributed by atoms with Crippen molar-refractivity contribution >= 4 is 11.3 Å². The van der Waals surface area contributed by atoms with E-state index in [2.05, 4.69) is 10.4 Å². The molecule has 86 valence electrons. The van der Waals surface area contributed by atoms with E-state index in [4.69, 9.17) is 0 Å². The molecule has 1 aliphatic heterocycles. The van der Waals surface area contributed by atoms with Gasteiger partial charge in [0.1, 0.15) is 11.4 Å². The van der Waals surface area contributed by atoms with Gasteiger partial charge in [0.05, 0.1) is 4.92 Å². The van der Waals surface area contributed by atoms with E-state index in [0.29, 0.717) is 11.4 Å². The van der Waals surface area contributed by atoms with Gasteiger partial charge < -0.3 is 5.32 Å². The number of rotatable bonds is 2. The Morgan fingerprint density at radius 3 is 2.94 bits per heavy atom. The highest BCUT2D eigenvalue weighted by Crippen LogP contribution is 2.30. The summed E-state index contributed by atoms with van der Waals surface area (Å²) < 4.78 is 1.60. The summed E-state index contributed by atoms with van der Waals surface area (Å²) in [6.07, 6.45) is 2.80. The second kappa shape index (κ2) is 4.05. The van der Waals surface area contributed by atoms with Crippen LogP contribution in [0.4, 0.5) is 5.69 Å². The van der Waals surface area contributed by atoms with Gasteiger partial charge in [0.25, 0.3) is 0 Å². The molecule has 0 fully saturated rings. The number of aromatic nitrogens is 2. The number of nitro groups is 1. The molecule has 16 heavy (non-hydrogen) atoms. The third-order valence-corrected chi connectivity index (χ3v) is 2.74. The summed E-state index contributed by atoms with van der Waals surface area (Å²) in [7, 11) is 1.75. The smallest absolute Gasteiger partial charge is 0.313 e. The van der Waals surface area contributed by atoms with Gasteiger partial charge in [0, 0.05) is 13.6 Å². The Morgan fingerprint density at radius 2 is 2.38 bits per heavy atom. The first-order valence-electron chi connectivity index (χ1n) is 5.19. The fourth-order valence-electron chi connectivity index (χ4n) is 2.06. The van der Waals surface area contributed by atoms with Crippen LogP contribution in [-0.2, 0) is 7.05 Å². The maximum Gasteiger partial charge on any atom is 0.317 e. The minimum Gasteiger partial charge on any atom is -0.313 e. The summed E-state index contributed by atoms with van der Waals surface area (Å²) in [6, 6.07) is 0. The minimum atomic E-state index is -0.347. The fourth-order valence-corrected chi connectivity index (χ4v) is 2.06. The maximum absolute atomic E-state index is 11.0. The third-order valence-electron chi connectivity index (χ3n) is 2.74. The molecular formula is C10H14N4O2. The lowest BCUT2D eigenvalue weighted by molar-refractivity contribution is -0.385. The van der Waals surface area contributed by atoms with Crippen LogP contribution in [0.1, 0.15) is 17.8 Å². The van der Waals surface area contributed by atoms with Gasteiger partial charge in [-0.15, -0.1) is 0 Å². The van der Waals surface area contributed by atoms with Crippen molar-refractivity contribution in [1.29, 1.82) is 0 Å². The van der Waals surface area contributed by atoms with Crippen molar-refractivity contribution in [2.24, 2.45) is 7.05 Å². The Morgan fingerprint density at radius 1 is 1.62 bits per heavy atom.